The van der Waals surface area contributed by atoms with Crippen LogP contribution in [-0.2, 0) is 6.54 Å². The zero-order valence-electron chi connectivity index (χ0n) is 14.9. The van der Waals surface area contributed by atoms with Crippen molar-refractivity contribution in [1.29, 1.82) is 0 Å². The highest BCUT2D eigenvalue weighted by atomic mass is 15.3. The van der Waals surface area contributed by atoms with E-state index in [9.17, 15) is 0 Å². The number of hydrogen-bond donors (Lipinski definition) is 1. The minimum Gasteiger partial charge on any atom is -0.310 e. The van der Waals surface area contributed by atoms with E-state index in [1.165, 1.54) is 16.8 Å². The van der Waals surface area contributed by atoms with E-state index in [0.717, 1.165) is 12.5 Å². The van der Waals surface area contributed by atoms with Gasteiger partial charge in [-0.2, -0.15) is 0 Å². The molecule has 122 valence electrons. The second-order valence-corrected chi connectivity index (χ2v) is 7.04. The smallest absolute Gasteiger partial charge is 0.302 e. The van der Waals surface area contributed by atoms with Crippen LogP contribution in [0.4, 0.5) is 5.69 Å². The van der Waals surface area contributed by atoms with Gasteiger partial charge in [0.25, 0.3) is 0 Å². The maximum absolute atomic E-state index is 4.91. The largest absolute Gasteiger partial charge is 0.310 e. The Kier molecular flexibility index (Phi) is 5.56. The SMILES string of the molecule is Cc1ccc([NH2+]C(=NC(C)(C)C)N(C)Cc2ccccc2)cc1. The van der Waals surface area contributed by atoms with Gasteiger partial charge in [-0.05, 0) is 45.4 Å². The van der Waals surface area contributed by atoms with Gasteiger partial charge in [-0.25, -0.2) is 10.3 Å². The molecule has 0 fully saturated rings. The van der Waals surface area contributed by atoms with Crippen LogP contribution in [0, 0.1) is 6.92 Å². The van der Waals surface area contributed by atoms with E-state index in [1.54, 1.807) is 0 Å². The number of aryl methyl sites for hydroxylation is 1. The van der Waals surface area contributed by atoms with Crippen LogP contribution in [0.15, 0.2) is 59.6 Å². The Balaban J connectivity index is 2.20. The summed E-state index contributed by atoms with van der Waals surface area (Å²) in [4.78, 5) is 7.12. The quantitative estimate of drug-likeness (QED) is 0.525. The van der Waals surface area contributed by atoms with Crippen LogP contribution in [0.2, 0.25) is 0 Å². The second kappa shape index (κ2) is 7.42. The molecule has 0 aliphatic heterocycles. The van der Waals surface area contributed by atoms with Gasteiger partial charge in [0.2, 0.25) is 0 Å². The molecule has 0 aromatic heterocycles. The van der Waals surface area contributed by atoms with Crippen molar-refractivity contribution in [2.24, 2.45) is 4.99 Å². The number of hydrogen-bond acceptors (Lipinski definition) is 1. The molecule has 0 aliphatic rings. The lowest BCUT2D eigenvalue weighted by Crippen LogP contribution is -2.86. The van der Waals surface area contributed by atoms with E-state index in [1.807, 2.05) is 6.07 Å². The van der Waals surface area contributed by atoms with Crippen molar-refractivity contribution in [3.8, 4) is 0 Å². The number of aliphatic imine (C=N–C) groups is 1. The first kappa shape index (κ1) is 17.2. The number of nitrogens with two attached hydrogens (primary N) is 1. The van der Waals surface area contributed by atoms with Crippen LogP contribution >= 0.6 is 0 Å². The van der Waals surface area contributed by atoms with Gasteiger partial charge in [0.05, 0.1) is 5.54 Å². The van der Waals surface area contributed by atoms with E-state index in [-0.39, 0.29) is 5.54 Å². The molecule has 2 rings (SSSR count). The normalized spacial score (nSPS) is 12.3. The molecule has 0 unspecified atom stereocenters. The average Bonchev–Trinajstić information content (AvgIpc) is 2.48. The first-order chi connectivity index (χ1) is 10.8. The van der Waals surface area contributed by atoms with Crippen LogP contribution in [0.1, 0.15) is 31.9 Å². The molecule has 0 bridgehead atoms. The molecule has 3 heteroatoms. The highest BCUT2D eigenvalue weighted by Crippen LogP contribution is 2.09. The second-order valence-electron chi connectivity index (χ2n) is 7.04. The molecule has 2 N–H and O–H groups in total. The number of guanidine groups is 1. The highest BCUT2D eigenvalue weighted by Gasteiger charge is 2.18. The number of quaternary nitrogens is 1. The summed E-state index contributed by atoms with van der Waals surface area (Å²) >= 11 is 0. The monoisotopic (exact) mass is 310 g/mol. The van der Waals surface area contributed by atoms with Crippen LogP contribution in [0.25, 0.3) is 0 Å². The first-order valence-corrected chi connectivity index (χ1v) is 8.10. The molecule has 23 heavy (non-hydrogen) atoms. The fourth-order valence-electron chi connectivity index (χ4n) is 2.32. The molecule has 0 spiro atoms. The Morgan fingerprint density at radius 2 is 1.61 bits per heavy atom. The number of nitrogens with zero attached hydrogens (tertiary/aromatic N) is 2. The zero-order chi connectivity index (χ0) is 16.9. The predicted octanol–water partition coefficient (Wildman–Crippen LogP) is 3.48. The summed E-state index contributed by atoms with van der Waals surface area (Å²) in [5.41, 5.74) is 3.63. The highest BCUT2D eigenvalue weighted by molar-refractivity contribution is 5.72. The molecule has 0 saturated heterocycles. The fraction of sp³-hybridized carbons (Fsp3) is 0.350. The van der Waals surface area contributed by atoms with E-state index >= 15 is 0 Å². The molecule has 0 heterocycles. The summed E-state index contributed by atoms with van der Waals surface area (Å²) in [6, 6.07) is 19.1. The van der Waals surface area contributed by atoms with E-state index in [2.05, 4.69) is 93.5 Å². The molecule has 0 atom stereocenters. The summed E-state index contributed by atoms with van der Waals surface area (Å²) in [5.74, 6) is 1.00. The Morgan fingerprint density at radius 1 is 1.00 bits per heavy atom. The van der Waals surface area contributed by atoms with Crippen LogP contribution in [-0.4, -0.2) is 23.4 Å². The summed E-state index contributed by atoms with van der Waals surface area (Å²) in [5, 5.41) is 2.16. The summed E-state index contributed by atoms with van der Waals surface area (Å²) in [7, 11) is 2.10. The molecule has 0 amide bonds. The summed E-state index contributed by atoms with van der Waals surface area (Å²) in [6.45, 7) is 9.35. The van der Waals surface area contributed by atoms with Crippen molar-refractivity contribution in [2.75, 3.05) is 7.05 Å². The van der Waals surface area contributed by atoms with Crippen molar-refractivity contribution in [3.63, 3.8) is 0 Å². The van der Waals surface area contributed by atoms with Gasteiger partial charge in [0.1, 0.15) is 5.69 Å². The zero-order valence-corrected chi connectivity index (χ0v) is 14.9. The number of rotatable bonds is 3. The average molecular weight is 310 g/mol. The van der Waals surface area contributed by atoms with Gasteiger partial charge in [-0.3, -0.25) is 0 Å². The molecule has 2 aromatic carbocycles. The van der Waals surface area contributed by atoms with Crippen LogP contribution in [0.3, 0.4) is 0 Å². The molecule has 2 aromatic rings. The minimum atomic E-state index is -0.110. The minimum absolute atomic E-state index is 0.110. The standard InChI is InChI=1S/C20H27N3/c1-16-11-13-18(14-12-16)21-19(22-20(2,3)4)23(5)15-17-9-7-6-8-10-17/h6-14H,15H2,1-5H3,(H,21,22)/p+1. The molecular weight excluding hydrogens is 282 g/mol. The van der Waals surface area contributed by atoms with Gasteiger partial charge in [0.15, 0.2) is 0 Å². The Hall–Kier alpha value is -2.13. The van der Waals surface area contributed by atoms with Crippen molar-refractivity contribution in [3.05, 3.63) is 65.7 Å². The van der Waals surface area contributed by atoms with E-state index in [4.69, 9.17) is 4.99 Å². The van der Waals surface area contributed by atoms with Crippen molar-refractivity contribution < 1.29 is 5.32 Å². The van der Waals surface area contributed by atoms with Gasteiger partial charge in [-0.1, -0.05) is 48.0 Å². The fourth-order valence-corrected chi connectivity index (χ4v) is 2.32. The van der Waals surface area contributed by atoms with Gasteiger partial charge in [-0.15, -0.1) is 0 Å². The van der Waals surface area contributed by atoms with Crippen LogP contribution < -0.4 is 5.32 Å². The molecule has 3 nitrogen and oxygen atoms in total. The first-order valence-electron chi connectivity index (χ1n) is 8.10. The Morgan fingerprint density at radius 3 is 2.17 bits per heavy atom. The topological polar surface area (TPSA) is 32.2 Å². The lowest BCUT2D eigenvalue weighted by Gasteiger charge is -2.22. The summed E-state index contributed by atoms with van der Waals surface area (Å²) in [6.07, 6.45) is 0. The predicted molar refractivity (Wildman–Crippen MR) is 97.9 cm³/mol. The lowest BCUT2D eigenvalue weighted by atomic mass is 10.1. The van der Waals surface area contributed by atoms with Gasteiger partial charge >= 0.3 is 5.96 Å². The van der Waals surface area contributed by atoms with Crippen molar-refractivity contribution >= 4 is 11.6 Å². The molecular formula is C20H28N3+. The third kappa shape index (κ3) is 5.87. The Bertz CT molecular complexity index is 637. The molecule has 0 saturated carbocycles. The molecule has 0 aliphatic carbocycles. The molecule has 0 radical (unpaired) electrons. The van der Waals surface area contributed by atoms with Crippen molar-refractivity contribution in [2.45, 2.75) is 39.8 Å². The van der Waals surface area contributed by atoms with Crippen molar-refractivity contribution in [1.82, 2.24) is 4.90 Å². The van der Waals surface area contributed by atoms with Crippen LogP contribution in [0.5, 0.6) is 0 Å². The third-order valence-electron chi connectivity index (χ3n) is 3.48. The third-order valence-corrected chi connectivity index (χ3v) is 3.48. The van der Waals surface area contributed by atoms with E-state index < -0.39 is 0 Å². The Labute approximate surface area is 140 Å². The summed E-state index contributed by atoms with van der Waals surface area (Å²) < 4.78 is 0. The van der Waals surface area contributed by atoms with Gasteiger partial charge < -0.3 is 4.90 Å². The number of benzene rings is 2. The maximum Gasteiger partial charge on any atom is 0.302 e. The van der Waals surface area contributed by atoms with E-state index in [0.29, 0.717) is 0 Å². The lowest BCUT2D eigenvalue weighted by molar-refractivity contribution is -0.456. The van der Waals surface area contributed by atoms with Gasteiger partial charge in [0, 0.05) is 13.6 Å². The maximum atomic E-state index is 4.91.